The number of amides is 1. The number of sulfonamides is 1. The van der Waals surface area contributed by atoms with E-state index >= 15 is 0 Å². The van der Waals surface area contributed by atoms with Gasteiger partial charge in [-0.25, -0.2) is 17.5 Å². The van der Waals surface area contributed by atoms with Crippen LogP contribution in [-0.4, -0.2) is 52.4 Å². The van der Waals surface area contributed by atoms with E-state index in [0.717, 1.165) is 15.6 Å². The van der Waals surface area contributed by atoms with Gasteiger partial charge in [0.25, 0.3) is 5.91 Å². The zero-order chi connectivity index (χ0) is 23.6. The lowest BCUT2D eigenvalue weighted by Gasteiger charge is -2.12. The molecule has 1 heterocycles. The minimum Gasteiger partial charge on any atom is -0.495 e. The third-order valence-corrected chi connectivity index (χ3v) is 8.34. The maximum absolute atomic E-state index is 12.5. The van der Waals surface area contributed by atoms with Gasteiger partial charge in [-0.05, 0) is 30.3 Å². The van der Waals surface area contributed by atoms with Gasteiger partial charge in [0.1, 0.15) is 15.6 Å². The second-order valence-corrected chi connectivity index (χ2v) is 10.6. The number of benzene rings is 2. The molecule has 1 amide bonds. The number of hydrogen-bond donors (Lipinski definition) is 1. The van der Waals surface area contributed by atoms with Crippen LogP contribution in [0.1, 0.15) is 9.67 Å². The molecule has 0 bridgehead atoms. The number of ether oxygens (including phenoxy) is 2. The van der Waals surface area contributed by atoms with E-state index < -0.39 is 28.5 Å². The van der Waals surface area contributed by atoms with E-state index in [1.54, 1.807) is 12.1 Å². The summed E-state index contributed by atoms with van der Waals surface area (Å²) >= 11 is 13.6. The first-order chi connectivity index (χ1) is 15.1. The first-order valence-corrected chi connectivity index (χ1v) is 12.0. The summed E-state index contributed by atoms with van der Waals surface area (Å²) in [6, 6.07) is 9.05. The summed E-state index contributed by atoms with van der Waals surface area (Å²) in [6.45, 7) is -0.592. The van der Waals surface area contributed by atoms with Gasteiger partial charge in [-0.2, -0.15) is 0 Å². The van der Waals surface area contributed by atoms with Crippen LogP contribution in [0.25, 0.3) is 10.1 Å². The molecule has 0 atom stereocenters. The van der Waals surface area contributed by atoms with E-state index in [-0.39, 0.29) is 20.5 Å². The largest absolute Gasteiger partial charge is 0.495 e. The molecule has 0 aliphatic carbocycles. The van der Waals surface area contributed by atoms with Gasteiger partial charge in [-0.15, -0.1) is 11.3 Å². The number of thiophene rings is 1. The van der Waals surface area contributed by atoms with E-state index in [1.807, 2.05) is 0 Å². The summed E-state index contributed by atoms with van der Waals surface area (Å²) < 4.78 is 36.3. The van der Waals surface area contributed by atoms with Crippen molar-refractivity contribution in [2.75, 3.05) is 33.1 Å². The second-order valence-electron chi connectivity index (χ2n) is 6.64. The predicted octanol–water partition coefficient (Wildman–Crippen LogP) is 4.26. The minimum atomic E-state index is -3.66. The zero-order valence-corrected chi connectivity index (χ0v) is 20.3. The summed E-state index contributed by atoms with van der Waals surface area (Å²) in [6.07, 6.45) is 0. The third kappa shape index (κ3) is 4.84. The number of rotatable bonds is 7. The van der Waals surface area contributed by atoms with Crippen LogP contribution >= 0.6 is 34.5 Å². The summed E-state index contributed by atoms with van der Waals surface area (Å²) in [5.74, 6) is -0.991. The van der Waals surface area contributed by atoms with Gasteiger partial charge in [-0.1, -0.05) is 29.3 Å². The SMILES string of the molecule is COc1ccc2c(Cl)c(C(=O)OCC(=O)Nc3cccc(S(=O)(=O)N(C)C)c3)sc2c1Cl. The molecule has 0 aliphatic heterocycles. The van der Waals surface area contributed by atoms with Crippen LogP contribution < -0.4 is 10.1 Å². The number of nitrogens with one attached hydrogen (secondary N) is 1. The van der Waals surface area contributed by atoms with Crippen LogP contribution in [0.5, 0.6) is 5.75 Å². The molecular weight excluding hydrogens is 499 g/mol. The lowest BCUT2D eigenvalue weighted by atomic mass is 10.2. The zero-order valence-electron chi connectivity index (χ0n) is 17.1. The first kappa shape index (κ1) is 24.3. The number of halogens is 2. The molecule has 170 valence electrons. The van der Waals surface area contributed by atoms with Gasteiger partial charge >= 0.3 is 5.97 Å². The normalized spacial score (nSPS) is 11.6. The van der Waals surface area contributed by atoms with Crippen LogP contribution in [0.4, 0.5) is 5.69 Å². The Morgan fingerprint density at radius 1 is 1.12 bits per heavy atom. The Morgan fingerprint density at radius 3 is 2.50 bits per heavy atom. The van der Waals surface area contributed by atoms with Crippen molar-refractivity contribution in [3.63, 3.8) is 0 Å². The van der Waals surface area contributed by atoms with Gasteiger partial charge in [-0.3, -0.25) is 4.79 Å². The number of esters is 1. The monoisotopic (exact) mass is 516 g/mol. The molecule has 0 radical (unpaired) electrons. The van der Waals surface area contributed by atoms with Gasteiger partial charge in [0.05, 0.1) is 21.7 Å². The van der Waals surface area contributed by atoms with Crippen molar-refractivity contribution in [3.8, 4) is 5.75 Å². The van der Waals surface area contributed by atoms with Crippen molar-refractivity contribution in [1.82, 2.24) is 4.31 Å². The highest BCUT2D eigenvalue weighted by atomic mass is 35.5. The standard InChI is InChI=1S/C20H18Cl2N2O6S2/c1-24(2)32(27,28)12-6-4-5-11(9-12)23-15(25)10-30-20(26)19-16(21)13-7-8-14(29-3)17(22)18(13)31-19/h4-9H,10H2,1-3H3,(H,23,25). The van der Waals surface area contributed by atoms with Gasteiger partial charge < -0.3 is 14.8 Å². The van der Waals surface area contributed by atoms with E-state index in [4.69, 9.17) is 32.7 Å². The predicted molar refractivity (Wildman–Crippen MR) is 125 cm³/mol. The average Bonchev–Trinajstić information content (AvgIpc) is 3.10. The highest BCUT2D eigenvalue weighted by molar-refractivity contribution is 7.89. The second kappa shape index (κ2) is 9.63. The Kier molecular flexibility index (Phi) is 7.31. The van der Waals surface area contributed by atoms with Crippen LogP contribution in [0.3, 0.4) is 0 Å². The van der Waals surface area contributed by atoms with E-state index in [2.05, 4.69) is 5.32 Å². The Labute approximate surface area is 198 Å². The molecule has 1 N–H and O–H groups in total. The van der Waals surface area contributed by atoms with Crippen molar-refractivity contribution >= 4 is 72.2 Å². The van der Waals surface area contributed by atoms with E-state index in [0.29, 0.717) is 20.9 Å². The molecule has 8 nitrogen and oxygen atoms in total. The Balaban J connectivity index is 1.70. The summed E-state index contributed by atoms with van der Waals surface area (Å²) in [4.78, 5) is 24.8. The summed E-state index contributed by atoms with van der Waals surface area (Å²) in [5, 5.41) is 3.56. The number of carbonyl (C=O) groups excluding carboxylic acids is 2. The maximum Gasteiger partial charge on any atom is 0.350 e. The average molecular weight is 517 g/mol. The van der Waals surface area contributed by atoms with Crippen LogP contribution in [0.2, 0.25) is 10.0 Å². The third-order valence-electron chi connectivity index (χ3n) is 4.34. The molecule has 0 saturated heterocycles. The fraction of sp³-hybridized carbons (Fsp3) is 0.200. The quantitative estimate of drug-likeness (QED) is 0.470. The first-order valence-electron chi connectivity index (χ1n) is 9.00. The number of nitrogens with zero attached hydrogens (tertiary/aromatic N) is 1. The molecular formula is C20H18Cl2N2O6S2. The van der Waals surface area contributed by atoms with Crippen LogP contribution in [-0.2, 0) is 19.6 Å². The lowest BCUT2D eigenvalue weighted by molar-refractivity contribution is -0.119. The number of hydrogen-bond acceptors (Lipinski definition) is 7. The van der Waals surface area contributed by atoms with Crippen LogP contribution in [0, 0.1) is 0 Å². The van der Waals surface area contributed by atoms with E-state index in [9.17, 15) is 18.0 Å². The molecule has 0 saturated carbocycles. The topological polar surface area (TPSA) is 102 Å². The van der Waals surface area contributed by atoms with Crippen molar-refractivity contribution < 1.29 is 27.5 Å². The number of methoxy groups -OCH3 is 1. The van der Waals surface area contributed by atoms with Gasteiger partial charge in [0.2, 0.25) is 10.0 Å². The minimum absolute atomic E-state index is 0.0154. The number of fused-ring (bicyclic) bond motifs is 1. The van der Waals surface area contributed by atoms with Gasteiger partial charge in [0, 0.05) is 25.2 Å². The number of carbonyl (C=O) groups is 2. The fourth-order valence-electron chi connectivity index (χ4n) is 2.71. The van der Waals surface area contributed by atoms with Gasteiger partial charge in [0.15, 0.2) is 6.61 Å². The highest BCUT2D eigenvalue weighted by Gasteiger charge is 2.22. The smallest absolute Gasteiger partial charge is 0.350 e. The highest BCUT2D eigenvalue weighted by Crippen LogP contribution is 2.43. The molecule has 0 unspecified atom stereocenters. The van der Waals surface area contributed by atoms with E-state index in [1.165, 1.54) is 45.5 Å². The molecule has 12 heteroatoms. The molecule has 2 aromatic carbocycles. The maximum atomic E-state index is 12.5. The molecule has 3 rings (SSSR count). The Morgan fingerprint density at radius 2 is 1.84 bits per heavy atom. The molecule has 0 spiro atoms. The van der Waals surface area contributed by atoms with Crippen molar-refractivity contribution in [2.45, 2.75) is 4.90 Å². The fourth-order valence-corrected chi connectivity index (χ4v) is 5.44. The van der Waals surface area contributed by atoms with Crippen molar-refractivity contribution in [2.24, 2.45) is 0 Å². The molecule has 1 aromatic heterocycles. The molecule has 32 heavy (non-hydrogen) atoms. The molecule has 0 aliphatic rings. The Bertz CT molecular complexity index is 1300. The number of anilines is 1. The van der Waals surface area contributed by atoms with Crippen molar-refractivity contribution in [3.05, 3.63) is 51.3 Å². The summed E-state index contributed by atoms with van der Waals surface area (Å²) in [5.41, 5.74) is 0.243. The molecule has 3 aromatic rings. The summed E-state index contributed by atoms with van der Waals surface area (Å²) in [7, 11) is 0.625. The Hall–Kier alpha value is -2.37. The molecule has 0 fully saturated rings. The lowest BCUT2D eigenvalue weighted by Crippen LogP contribution is -2.23. The van der Waals surface area contributed by atoms with Crippen molar-refractivity contribution in [1.29, 1.82) is 0 Å². The van der Waals surface area contributed by atoms with Crippen LogP contribution in [0.15, 0.2) is 41.3 Å².